The third-order valence-electron chi connectivity index (χ3n) is 8.97. The summed E-state index contributed by atoms with van der Waals surface area (Å²) in [5.74, 6) is 1.07. The van der Waals surface area contributed by atoms with E-state index in [0.717, 1.165) is 39.3 Å². The molecular weight excluding hydrogens is 643 g/mol. The van der Waals surface area contributed by atoms with Crippen molar-refractivity contribution < 1.29 is 19.1 Å². The number of hydrogen-bond donors (Lipinski definition) is 2. The summed E-state index contributed by atoms with van der Waals surface area (Å²) in [6.07, 6.45) is 6.85. The van der Waals surface area contributed by atoms with E-state index < -0.39 is 5.60 Å². The zero-order valence-corrected chi connectivity index (χ0v) is 28.8. The number of benzene rings is 1. The van der Waals surface area contributed by atoms with Gasteiger partial charge < -0.3 is 19.7 Å². The van der Waals surface area contributed by atoms with E-state index in [1.54, 1.807) is 35.7 Å². The standard InChI is InChI=1S/C35H39N9O4S/c1-22(2)48-30-10-5-24(18-36-30)32-26-17-25(6-7-27(26)39-40-32)38-34(46)35(47-4)13-16-43(20-35)19-31(45)44-14-11-23(12-15-44)28-8-9-29(49-28)33-37-21-42(3)41-33/h5-11,17-18,21-22H,12-16,19-20H2,1-4H3,(H,38,46)(H,39,40). The van der Waals surface area contributed by atoms with Gasteiger partial charge in [0.1, 0.15) is 12.0 Å². The average Bonchev–Trinajstić information content (AvgIpc) is 3.92. The quantitative estimate of drug-likeness (QED) is 0.216. The number of pyridine rings is 1. The number of anilines is 1. The Morgan fingerprint density at radius 3 is 2.67 bits per heavy atom. The summed E-state index contributed by atoms with van der Waals surface area (Å²) in [6.45, 7) is 6.24. The number of carbonyl (C=O) groups is 2. The van der Waals surface area contributed by atoms with Crippen molar-refractivity contribution in [2.24, 2.45) is 7.05 Å². The Kier molecular flexibility index (Phi) is 9.01. The summed E-state index contributed by atoms with van der Waals surface area (Å²) in [5.41, 5.74) is 3.18. The number of nitrogens with one attached hydrogen (secondary N) is 2. The number of fused-ring (bicyclic) bond motifs is 1. The maximum atomic E-state index is 13.7. The number of aromatic nitrogens is 6. The van der Waals surface area contributed by atoms with E-state index in [9.17, 15) is 9.59 Å². The molecule has 0 bridgehead atoms. The van der Waals surface area contributed by atoms with Gasteiger partial charge in [0.25, 0.3) is 5.91 Å². The lowest BCUT2D eigenvalue weighted by Gasteiger charge is -2.29. The van der Waals surface area contributed by atoms with Crippen LogP contribution in [-0.2, 0) is 21.4 Å². The van der Waals surface area contributed by atoms with Gasteiger partial charge in [-0.15, -0.1) is 11.3 Å². The van der Waals surface area contributed by atoms with Crippen molar-refractivity contribution in [3.05, 3.63) is 65.9 Å². The van der Waals surface area contributed by atoms with Crippen molar-refractivity contribution in [1.82, 2.24) is 39.7 Å². The van der Waals surface area contributed by atoms with Crippen LogP contribution in [0.5, 0.6) is 5.88 Å². The molecule has 0 aliphatic carbocycles. The van der Waals surface area contributed by atoms with Gasteiger partial charge in [0.2, 0.25) is 11.8 Å². The highest BCUT2D eigenvalue weighted by molar-refractivity contribution is 7.16. The van der Waals surface area contributed by atoms with Crippen LogP contribution >= 0.6 is 11.3 Å². The first kappa shape index (κ1) is 32.6. The summed E-state index contributed by atoms with van der Waals surface area (Å²) < 4.78 is 13.2. The Labute approximate surface area is 287 Å². The monoisotopic (exact) mass is 681 g/mol. The van der Waals surface area contributed by atoms with Crippen LogP contribution in [-0.4, -0.2) is 103 Å². The second kappa shape index (κ2) is 13.5. The molecule has 7 rings (SSSR count). The van der Waals surface area contributed by atoms with Crippen molar-refractivity contribution in [3.63, 3.8) is 0 Å². The van der Waals surface area contributed by atoms with E-state index in [-0.39, 0.29) is 24.5 Å². The van der Waals surface area contributed by atoms with Gasteiger partial charge in [-0.3, -0.25) is 24.3 Å². The lowest BCUT2D eigenvalue weighted by atomic mass is 10.0. The lowest BCUT2D eigenvalue weighted by molar-refractivity contribution is -0.138. The number of aromatic amines is 1. The molecule has 14 heteroatoms. The number of rotatable bonds is 10. The van der Waals surface area contributed by atoms with Gasteiger partial charge in [0.05, 0.1) is 23.0 Å². The molecule has 4 aromatic heterocycles. The highest BCUT2D eigenvalue weighted by Gasteiger charge is 2.45. The molecule has 2 aliphatic rings. The predicted octanol–water partition coefficient (Wildman–Crippen LogP) is 4.61. The molecule has 1 saturated heterocycles. The molecule has 0 spiro atoms. The number of nitrogens with zero attached hydrogens (tertiary/aromatic N) is 7. The van der Waals surface area contributed by atoms with Crippen LogP contribution in [0.15, 0.2) is 61.1 Å². The molecular formula is C35H39N9O4S. The second-order valence-corrected chi connectivity index (χ2v) is 13.8. The van der Waals surface area contributed by atoms with Gasteiger partial charge in [0, 0.05) is 74.1 Å². The molecule has 13 nitrogen and oxygen atoms in total. The molecule has 1 unspecified atom stereocenters. The van der Waals surface area contributed by atoms with Crippen LogP contribution in [0.25, 0.3) is 38.4 Å². The minimum absolute atomic E-state index is 0.0303. The molecule has 2 aliphatic heterocycles. The van der Waals surface area contributed by atoms with Gasteiger partial charge in [-0.1, -0.05) is 6.08 Å². The lowest BCUT2D eigenvalue weighted by Crippen LogP contribution is -2.48. The molecule has 1 fully saturated rings. The molecule has 49 heavy (non-hydrogen) atoms. The van der Waals surface area contributed by atoms with Crippen molar-refractivity contribution >= 4 is 45.3 Å². The van der Waals surface area contributed by atoms with E-state index in [4.69, 9.17) is 9.47 Å². The molecule has 254 valence electrons. The number of H-pyrrole nitrogens is 1. The molecule has 0 saturated carbocycles. The molecule has 2 N–H and O–H groups in total. The first-order chi connectivity index (χ1) is 23.7. The van der Waals surface area contributed by atoms with Gasteiger partial charge >= 0.3 is 0 Å². The first-order valence-electron chi connectivity index (χ1n) is 16.3. The third-order valence-corrected chi connectivity index (χ3v) is 10.1. The van der Waals surface area contributed by atoms with Crippen LogP contribution in [0.1, 0.15) is 31.6 Å². The van der Waals surface area contributed by atoms with Crippen LogP contribution in [0, 0.1) is 0 Å². The zero-order chi connectivity index (χ0) is 34.1. The maximum Gasteiger partial charge on any atom is 0.258 e. The van der Waals surface area contributed by atoms with Gasteiger partial charge in [-0.2, -0.15) is 10.2 Å². The maximum absolute atomic E-state index is 13.7. The van der Waals surface area contributed by atoms with Gasteiger partial charge in [-0.05, 0) is 68.7 Å². The minimum atomic E-state index is -1.07. The highest BCUT2D eigenvalue weighted by atomic mass is 32.1. The summed E-state index contributed by atoms with van der Waals surface area (Å²) in [7, 11) is 3.41. The van der Waals surface area contributed by atoms with Crippen LogP contribution in [0.2, 0.25) is 0 Å². The molecule has 1 atom stereocenters. The van der Waals surface area contributed by atoms with E-state index in [2.05, 4.69) is 42.7 Å². The van der Waals surface area contributed by atoms with Crippen LogP contribution in [0.3, 0.4) is 0 Å². The second-order valence-electron chi connectivity index (χ2n) is 12.7. The number of hydrogen-bond acceptors (Lipinski definition) is 10. The largest absolute Gasteiger partial charge is 0.475 e. The number of methoxy groups -OCH3 is 1. The number of aryl methyl sites for hydroxylation is 1. The SMILES string of the molecule is COC1(C(=O)Nc2ccc3[nH]nc(-c4ccc(OC(C)C)nc4)c3c2)CCN(CC(=O)N2CC=C(c3ccc(-c4ncn(C)n4)s3)CC2)C1. The summed E-state index contributed by atoms with van der Waals surface area (Å²) in [4.78, 5) is 41.9. The Morgan fingerprint density at radius 1 is 1.10 bits per heavy atom. The van der Waals surface area contributed by atoms with E-state index in [0.29, 0.717) is 44.2 Å². The molecule has 6 heterocycles. The fourth-order valence-electron chi connectivity index (χ4n) is 6.32. The van der Waals surface area contributed by atoms with Crippen molar-refractivity contribution in [1.29, 1.82) is 0 Å². The topological polar surface area (TPSA) is 143 Å². The number of carbonyl (C=O) groups excluding carboxylic acids is 2. The fraction of sp³-hybridized carbons (Fsp3) is 0.371. The Morgan fingerprint density at radius 2 is 1.96 bits per heavy atom. The van der Waals surface area contributed by atoms with Crippen molar-refractivity contribution in [2.75, 3.05) is 45.2 Å². The molecule has 0 radical (unpaired) electrons. The minimum Gasteiger partial charge on any atom is -0.475 e. The van der Waals surface area contributed by atoms with Gasteiger partial charge in [-0.25, -0.2) is 9.97 Å². The fourth-order valence-corrected chi connectivity index (χ4v) is 7.33. The predicted molar refractivity (Wildman–Crippen MR) is 188 cm³/mol. The van der Waals surface area contributed by atoms with E-state index in [1.807, 2.05) is 67.1 Å². The summed E-state index contributed by atoms with van der Waals surface area (Å²) in [5, 5.41) is 15.9. The Hall–Kier alpha value is -4.92. The van der Waals surface area contributed by atoms with E-state index in [1.165, 1.54) is 10.5 Å². The smallest absolute Gasteiger partial charge is 0.258 e. The highest BCUT2D eigenvalue weighted by Crippen LogP contribution is 2.34. The third kappa shape index (κ3) is 6.84. The normalized spacial score (nSPS) is 18.3. The average molecular weight is 682 g/mol. The molecule has 1 aromatic carbocycles. The number of ether oxygens (including phenoxy) is 2. The van der Waals surface area contributed by atoms with Crippen LogP contribution < -0.4 is 10.1 Å². The number of amides is 2. The van der Waals surface area contributed by atoms with Crippen molar-refractivity contribution in [2.45, 2.75) is 38.4 Å². The van der Waals surface area contributed by atoms with E-state index >= 15 is 0 Å². The first-order valence-corrected chi connectivity index (χ1v) is 17.1. The number of thiophene rings is 1. The number of likely N-dealkylation sites (tertiary alicyclic amines) is 1. The molecule has 5 aromatic rings. The van der Waals surface area contributed by atoms with Crippen LogP contribution in [0.4, 0.5) is 5.69 Å². The van der Waals surface area contributed by atoms with Gasteiger partial charge in [0.15, 0.2) is 11.4 Å². The summed E-state index contributed by atoms with van der Waals surface area (Å²) in [6, 6.07) is 13.5. The zero-order valence-electron chi connectivity index (χ0n) is 28.0. The molecule has 2 amide bonds. The summed E-state index contributed by atoms with van der Waals surface area (Å²) >= 11 is 1.67. The Balaban J connectivity index is 0.962. The van der Waals surface area contributed by atoms with Crippen molar-refractivity contribution in [3.8, 4) is 27.8 Å². The Bertz CT molecular complexity index is 2010.